The highest BCUT2D eigenvalue weighted by Crippen LogP contribution is 2.28. The van der Waals surface area contributed by atoms with E-state index >= 15 is 0 Å². The molecule has 2 N–H and O–H groups in total. The molecule has 21 heavy (non-hydrogen) atoms. The van der Waals surface area contributed by atoms with Crippen LogP contribution in [0.1, 0.15) is 18.2 Å². The average Bonchev–Trinajstić information content (AvgIpc) is 2.78. The van der Waals surface area contributed by atoms with Crippen molar-refractivity contribution in [2.24, 2.45) is 5.73 Å². The van der Waals surface area contributed by atoms with Crippen molar-refractivity contribution in [3.8, 4) is 0 Å². The predicted molar refractivity (Wildman–Crippen MR) is 86.7 cm³/mol. The van der Waals surface area contributed by atoms with E-state index in [1.54, 1.807) is 0 Å². The van der Waals surface area contributed by atoms with Gasteiger partial charge in [-0.05, 0) is 57.9 Å². The van der Waals surface area contributed by atoms with Gasteiger partial charge in [0.1, 0.15) is 11.3 Å². The second-order valence-electron chi connectivity index (χ2n) is 6.02. The summed E-state index contributed by atoms with van der Waals surface area (Å²) in [7, 11) is 4.29. The van der Waals surface area contributed by atoms with Crippen molar-refractivity contribution < 1.29 is 4.42 Å². The molecule has 1 saturated heterocycles. The average molecular weight is 308 g/mol. The number of rotatable bonds is 2. The van der Waals surface area contributed by atoms with E-state index in [1.807, 2.05) is 24.3 Å². The van der Waals surface area contributed by atoms with Gasteiger partial charge in [0, 0.05) is 23.0 Å². The minimum atomic E-state index is -0.137. The molecule has 0 saturated carbocycles. The number of nitrogens with zero attached hydrogens (tertiary/aromatic N) is 2. The molecule has 3 rings (SSSR count). The summed E-state index contributed by atoms with van der Waals surface area (Å²) in [6.45, 7) is 3.13. The Hall–Kier alpha value is -1.07. The summed E-state index contributed by atoms with van der Waals surface area (Å²) in [5, 5.41) is 1.73. The van der Waals surface area contributed by atoms with Gasteiger partial charge in [-0.15, -0.1) is 0 Å². The standard InChI is InChI=1S/C16H22ClN3O/c1-19-6-3-7-20(2)13(10-19)16(18)15-9-11-8-12(17)4-5-14(11)21-15/h4-5,8-9,13,16H,3,6-7,10,18H2,1-2H3. The van der Waals surface area contributed by atoms with Crippen molar-refractivity contribution in [2.75, 3.05) is 33.7 Å². The van der Waals surface area contributed by atoms with Crippen LogP contribution in [-0.4, -0.2) is 49.6 Å². The zero-order valence-corrected chi connectivity index (χ0v) is 13.3. The van der Waals surface area contributed by atoms with Crippen molar-refractivity contribution in [1.29, 1.82) is 0 Å². The van der Waals surface area contributed by atoms with Crippen molar-refractivity contribution in [3.05, 3.63) is 35.0 Å². The van der Waals surface area contributed by atoms with Gasteiger partial charge in [-0.1, -0.05) is 11.6 Å². The summed E-state index contributed by atoms with van der Waals surface area (Å²) in [6.07, 6.45) is 1.17. The summed E-state index contributed by atoms with van der Waals surface area (Å²) in [4.78, 5) is 4.68. The second kappa shape index (κ2) is 5.97. The first kappa shape index (κ1) is 14.9. The van der Waals surface area contributed by atoms with E-state index in [0.29, 0.717) is 0 Å². The molecule has 0 bridgehead atoms. The Balaban J connectivity index is 1.89. The number of halogens is 1. The van der Waals surface area contributed by atoms with Crippen LogP contribution < -0.4 is 5.73 Å². The summed E-state index contributed by atoms with van der Waals surface area (Å²) in [5.41, 5.74) is 7.34. The van der Waals surface area contributed by atoms with E-state index in [1.165, 1.54) is 6.42 Å². The van der Waals surface area contributed by atoms with Crippen LogP contribution in [0.15, 0.2) is 28.7 Å². The lowest BCUT2D eigenvalue weighted by molar-refractivity contribution is 0.186. The highest BCUT2D eigenvalue weighted by molar-refractivity contribution is 6.31. The maximum atomic E-state index is 6.50. The Morgan fingerprint density at radius 2 is 2.10 bits per heavy atom. The van der Waals surface area contributed by atoms with E-state index < -0.39 is 0 Å². The van der Waals surface area contributed by atoms with Crippen molar-refractivity contribution >= 4 is 22.6 Å². The molecule has 2 atom stereocenters. The Bertz CT molecular complexity index is 627. The van der Waals surface area contributed by atoms with E-state index in [9.17, 15) is 0 Å². The van der Waals surface area contributed by atoms with Crippen LogP contribution in [0, 0.1) is 0 Å². The molecule has 0 spiro atoms. The quantitative estimate of drug-likeness (QED) is 0.926. The SMILES string of the molecule is CN1CCCN(C)C(C(N)c2cc3cc(Cl)ccc3o2)C1. The van der Waals surface area contributed by atoms with Crippen LogP contribution in [0.2, 0.25) is 5.02 Å². The minimum Gasteiger partial charge on any atom is -0.459 e. The van der Waals surface area contributed by atoms with Gasteiger partial charge in [0.25, 0.3) is 0 Å². The van der Waals surface area contributed by atoms with E-state index in [-0.39, 0.29) is 12.1 Å². The van der Waals surface area contributed by atoms with Gasteiger partial charge < -0.3 is 20.0 Å². The van der Waals surface area contributed by atoms with Crippen molar-refractivity contribution in [1.82, 2.24) is 9.80 Å². The Kier molecular flexibility index (Phi) is 4.22. The molecule has 1 aliphatic heterocycles. The molecule has 1 aliphatic rings. The first-order valence-electron chi connectivity index (χ1n) is 7.38. The van der Waals surface area contributed by atoms with Gasteiger partial charge in [0.2, 0.25) is 0 Å². The Morgan fingerprint density at radius 1 is 1.29 bits per heavy atom. The molecule has 0 aliphatic carbocycles. The molecule has 114 valence electrons. The fourth-order valence-electron chi connectivity index (χ4n) is 3.08. The fourth-order valence-corrected chi connectivity index (χ4v) is 3.26. The number of hydrogen-bond acceptors (Lipinski definition) is 4. The summed E-state index contributed by atoms with van der Waals surface area (Å²) < 4.78 is 5.93. The molecule has 2 aromatic rings. The zero-order valence-electron chi connectivity index (χ0n) is 12.6. The van der Waals surface area contributed by atoms with Crippen LogP contribution in [0.4, 0.5) is 0 Å². The van der Waals surface area contributed by atoms with Crippen LogP contribution in [0.5, 0.6) is 0 Å². The second-order valence-corrected chi connectivity index (χ2v) is 6.46. The van der Waals surface area contributed by atoms with E-state index in [4.69, 9.17) is 21.8 Å². The Labute approximate surface area is 130 Å². The minimum absolute atomic E-state index is 0.137. The van der Waals surface area contributed by atoms with Crippen LogP contribution in [-0.2, 0) is 0 Å². The van der Waals surface area contributed by atoms with Gasteiger partial charge >= 0.3 is 0 Å². The lowest BCUT2D eigenvalue weighted by Gasteiger charge is -2.31. The van der Waals surface area contributed by atoms with Crippen LogP contribution >= 0.6 is 11.6 Å². The first-order chi connectivity index (χ1) is 10.0. The van der Waals surface area contributed by atoms with Crippen LogP contribution in [0.3, 0.4) is 0 Å². The third kappa shape index (κ3) is 3.09. The highest BCUT2D eigenvalue weighted by Gasteiger charge is 2.29. The van der Waals surface area contributed by atoms with Gasteiger partial charge in [-0.25, -0.2) is 0 Å². The van der Waals surface area contributed by atoms with E-state index in [0.717, 1.165) is 41.4 Å². The molecule has 1 fully saturated rings. The fraction of sp³-hybridized carbons (Fsp3) is 0.500. The van der Waals surface area contributed by atoms with Crippen molar-refractivity contribution in [3.63, 3.8) is 0 Å². The van der Waals surface area contributed by atoms with Crippen molar-refractivity contribution in [2.45, 2.75) is 18.5 Å². The third-order valence-electron chi connectivity index (χ3n) is 4.36. The molecule has 5 heteroatoms. The number of furan rings is 1. The molecule has 0 amide bonds. The number of likely N-dealkylation sites (N-methyl/N-ethyl adjacent to an activating group) is 2. The van der Waals surface area contributed by atoms with Gasteiger partial charge in [0.05, 0.1) is 6.04 Å². The molecule has 2 unspecified atom stereocenters. The molecule has 2 heterocycles. The molecular weight excluding hydrogens is 286 g/mol. The van der Waals surface area contributed by atoms with Crippen LogP contribution in [0.25, 0.3) is 11.0 Å². The first-order valence-corrected chi connectivity index (χ1v) is 7.76. The van der Waals surface area contributed by atoms with E-state index in [2.05, 4.69) is 23.9 Å². The summed E-state index contributed by atoms with van der Waals surface area (Å²) in [5.74, 6) is 0.833. The Morgan fingerprint density at radius 3 is 2.90 bits per heavy atom. The molecule has 4 nitrogen and oxygen atoms in total. The molecule has 1 aromatic carbocycles. The summed E-state index contributed by atoms with van der Waals surface area (Å²) >= 11 is 6.03. The number of fused-ring (bicyclic) bond motifs is 1. The van der Waals surface area contributed by atoms with Gasteiger partial charge in [-0.2, -0.15) is 0 Å². The monoisotopic (exact) mass is 307 g/mol. The summed E-state index contributed by atoms with van der Waals surface area (Å²) in [6, 6.07) is 7.80. The maximum absolute atomic E-state index is 6.50. The molecule has 1 aromatic heterocycles. The normalized spacial score (nSPS) is 23.3. The zero-order chi connectivity index (χ0) is 15.0. The molecule has 0 radical (unpaired) electrons. The van der Waals surface area contributed by atoms with Gasteiger partial charge in [0.15, 0.2) is 0 Å². The lowest BCUT2D eigenvalue weighted by atomic mass is 10.0. The third-order valence-corrected chi connectivity index (χ3v) is 4.59. The molecular formula is C16H22ClN3O. The van der Waals surface area contributed by atoms with Gasteiger partial charge in [-0.3, -0.25) is 0 Å². The number of benzene rings is 1. The number of nitrogens with two attached hydrogens (primary N) is 1. The smallest absolute Gasteiger partial charge is 0.134 e. The topological polar surface area (TPSA) is 45.6 Å². The maximum Gasteiger partial charge on any atom is 0.134 e. The predicted octanol–water partition coefficient (Wildman–Crippen LogP) is 2.72. The largest absolute Gasteiger partial charge is 0.459 e. The number of hydrogen-bond donors (Lipinski definition) is 1. The lowest BCUT2D eigenvalue weighted by Crippen LogP contribution is -2.45. The highest BCUT2D eigenvalue weighted by atomic mass is 35.5.